The van der Waals surface area contributed by atoms with Gasteiger partial charge in [0, 0.05) is 19.0 Å². The molecule has 1 aliphatic heterocycles. The molecule has 0 bridgehead atoms. The van der Waals surface area contributed by atoms with Gasteiger partial charge in [0.05, 0.1) is 6.42 Å². The third-order valence-corrected chi connectivity index (χ3v) is 2.59. The van der Waals surface area contributed by atoms with Crippen molar-refractivity contribution >= 4 is 11.9 Å². The lowest BCUT2D eigenvalue weighted by Crippen LogP contribution is -2.43. The Morgan fingerprint density at radius 1 is 1.60 bits per heavy atom. The minimum absolute atomic E-state index is 0.00757. The lowest BCUT2D eigenvalue weighted by Gasteiger charge is -2.27. The van der Waals surface area contributed by atoms with Crippen molar-refractivity contribution in [2.75, 3.05) is 6.54 Å². The largest absolute Gasteiger partial charge is 0.481 e. The van der Waals surface area contributed by atoms with Gasteiger partial charge in [-0.3, -0.25) is 14.6 Å². The van der Waals surface area contributed by atoms with Crippen LogP contribution in [0.5, 0.6) is 0 Å². The molecule has 15 heavy (non-hydrogen) atoms. The van der Waals surface area contributed by atoms with Gasteiger partial charge in [0.25, 0.3) is 0 Å². The van der Waals surface area contributed by atoms with Crippen molar-refractivity contribution in [3.05, 3.63) is 0 Å². The Labute approximate surface area is 89.4 Å². The molecule has 0 aliphatic carbocycles. The summed E-state index contributed by atoms with van der Waals surface area (Å²) < 4.78 is 0. The zero-order chi connectivity index (χ0) is 11.6. The number of carbonyl (C=O) groups excluding carboxylic acids is 1. The van der Waals surface area contributed by atoms with Crippen molar-refractivity contribution in [1.29, 1.82) is 0 Å². The van der Waals surface area contributed by atoms with E-state index in [-0.39, 0.29) is 30.3 Å². The predicted octanol–water partition coefficient (Wildman–Crippen LogP) is 0.613. The summed E-state index contributed by atoms with van der Waals surface area (Å²) in [6.07, 6.45) is 0.429. The summed E-state index contributed by atoms with van der Waals surface area (Å²) in [7, 11) is 0. The molecule has 1 atom stereocenters. The molecule has 2 N–H and O–H groups in total. The first kappa shape index (κ1) is 12.0. The average molecular weight is 214 g/mol. The van der Waals surface area contributed by atoms with Crippen LogP contribution in [0.1, 0.15) is 33.6 Å². The number of nitrogens with one attached hydrogen (secondary N) is 1. The summed E-state index contributed by atoms with van der Waals surface area (Å²) in [6, 6.07) is 0.0961. The van der Waals surface area contributed by atoms with Gasteiger partial charge < -0.3 is 5.11 Å². The number of hydrogen-bond acceptors (Lipinski definition) is 3. The Morgan fingerprint density at radius 3 is 2.60 bits per heavy atom. The average Bonchev–Trinajstić information content (AvgIpc) is 2.42. The highest BCUT2D eigenvalue weighted by Gasteiger charge is 2.36. The van der Waals surface area contributed by atoms with Gasteiger partial charge in [-0.05, 0) is 5.41 Å². The fourth-order valence-corrected chi connectivity index (χ4v) is 1.49. The summed E-state index contributed by atoms with van der Waals surface area (Å²) in [6.45, 7) is 6.40. The standard InChI is InChI=1S/C10H18N2O3/c1-10(2,3)7-6-8(13)12(11-7)5-4-9(14)15/h7,11H,4-6H2,1-3H3,(H,14,15). The van der Waals surface area contributed by atoms with E-state index >= 15 is 0 Å². The molecule has 1 rings (SSSR count). The highest BCUT2D eigenvalue weighted by Crippen LogP contribution is 2.26. The van der Waals surface area contributed by atoms with E-state index in [1.807, 2.05) is 0 Å². The van der Waals surface area contributed by atoms with Gasteiger partial charge in [0.15, 0.2) is 0 Å². The number of carboxylic acids is 1. The molecule has 1 aliphatic rings. The normalized spacial score (nSPS) is 22.2. The second-order valence-corrected chi connectivity index (χ2v) is 4.94. The minimum Gasteiger partial charge on any atom is -0.481 e. The number of hydrazine groups is 1. The van der Waals surface area contributed by atoms with Gasteiger partial charge >= 0.3 is 5.97 Å². The zero-order valence-corrected chi connectivity index (χ0v) is 9.41. The number of hydrogen-bond donors (Lipinski definition) is 2. The van der Waals surface area contributed by atoms with Gasteiger partial charge in [-0.25, -0.2) is 5.43 Å². The second kappa shape index (κ2) is 4.18. The van der Waals surface area contributed by atoms with Crippen LogP contribution in [0.25, 0.3) is 0 Å². The van der Waals surface area contributed by atoms with Crippen molar-refractivity contribution in [3.8, 4) is 0 Å². The van der Waals surface area contributed by atoms with Gasteiger partial charge in [-0.2, -0.15) is 0 Å². The molecular weight excluding hydrogens is 196 g/mol. The molecule has 0 aromatic heterocycles. The van der Waals surface area contributed by atoms with E-state index in [0.717, 1.165) is 0 Å². The molecule has 5 heteroatoms. The first-order chi connectivity index (χ1) is 6.80. The third kappa shape index (κ3) is 3.20. The number of carboxylic acid groups (broad SMARTS) is 1. The Hall–Kier alpha value is -1.10. The topological polar surface area (TPSA) is 69.6 Å². The molecule has 86 valence electrons. The fraction of sp³-hybridized carbons (Fsp3) is 0.800. The van der Waals surface area contributed by atoms with Crippen LogP contribution in [-0.2, 0) is 9.59 Å². The summed E-state index contributed by atoms with van der Waals surface area (Å²) in [5.41, 5.74) is 3.06. The van der Waals surface area contributed by atoms with Crippen LogP contribution >= 0.6 is 0 Å². The van der Waals surface area contributed by atoms with E-state index < -0.39 is 5.97 Å². The molecule has 0 aromatic rings. The summed E-state index contributed by atoms with van der Waals surface area (Å²) in [4.78, 5) is 21.9. The van der Waals surface area contributed by atoms with E-state index in [9.17, 15) is 9.59 Å². The maximum absolute atomic E-state index is 11.5. The molecule has 0 spiro atoms. The van der Waals surface area contributed by atoms with Gasteiger partial charge in [0.2, 0.25) is 5.91 Å². The van der Waals surface area contributed by atoms with Crippen LogP contribution in [0.2, 0.25) is 0 Å². The minimum atomic E-state index is -0.885. The van der Waals surface area contributed by atoms with E-state index in [2.05, 4.69) is 26.2 Å². The highest BCUT2D eigenvalue weighted by molar-refractivity contribution is 5.79. The maximum Gasteiger partial charge on any atom is 0.305 e. The van der Waals surface area contributed by atoms with Crippen molar-refractivity contribution < 1.29 is 14.7 Å². The maximum atomic E-state index is 11.5. The third-order valence-electron chi connectivity index (χ3n) is 2.59. The van der Waals surface area contributed by atoms with Crippen molar-refractivity contribution in [3.63, 3.8) is 0 Å². The van der Waals surface area contributed by atoms with Crippen LogP contribution < -0.4 is 5.43 Å². The zero-order valence-electron chi connectivity index (χ0n) is 9.41. The predicted molar refractivity (Wildman–Crippen MR) is 55.0 cm³/mol. The van der Waals surface area contributed by atoms with Crippen LogP contribution in [0.4, 0.5) is 0 Å². The molecular formula is C10H18N2O3. The Kier molecular flexibility index (Phi) is 3.34. The number of carbonyl (C=O) groups is 2. The first-order valence-corrected chi connectivity index (χ1v) is 5.09. The molecule has 1 amide bonds. The van der Waals surface area contributed by atoms with Gasteiger partial charge in [-0.15, -0.1) is 0 Å². The number of rotatable bonds is 3. The Bertz CT molecular complexity index is 270. The molecule has 1 fully saturated rings. The number of nitrogens with zero attached hydrogens (tertiary/aromatic N) is 1. The van der Waals surface area contributed by atoms with E-state index in [0.29, 0.717) is 6.42 Å². The quantitative estimate of drug-likeness (QED) is 0.722. The molecule has 1 heterocycles. The van der Waals surface area contributed by atoms with Crippen molar-refractivity contribution in [2.45, 2.75) is 39.7 Å². The van der Waals surface area contributed by atoms with Gasteiger partial charge in [0.1, 0.15) is 0 Å². The molecule has 0 aromatic carbocycles. The summed E-state index contributed by atoms with van der Waals surface area (Å²) in [5, 5.41) is 9.94. The molecule has 1 saturated heterocycles. The summed E-state index contributed by atoms with van der Waals surface area (Å²) >= 11 is 0. The van der Waals surface area contributed by atoms with Crippen LogP contribution in [0.3, 0.4) is 0 Å². The lowest BCUT2D eigenvalue weighted by atomic mass is 9.86. The van der Waals surface area contributed by atoms with Crippen molar-refractivity contribution in [1.82, 2.24) is 10.4 Å². The van der Waals surface area contributed by atoms with Crippen molar-refractivity contribution in [2.24, 2.45) is 5.41 Å². The first-order valence-electron chi connectivity index (χ1n) is 5.09. The Morgan fingerprint density at radius 2 is 2.20 bits per heavy atom. The monoisotopic (exact) mass is 214 g/mol. The van der Waals surface area contributed by atoms with Crippen LogP contribution in [0.15, 0.2) is 0 Å². The van der Waals surface area contributed by atoms with Crippen LogP contribution in [-0.4, -0.2) is 34.6 Å². The molecule has 5 nitrogen and oxygen atoms in total. The molecule has 0 radical (unpaired) electrons. The number of amides is 1. The number of aliphatic carboxylic acids is 1. The smallest absolute Gasteiger partial charge is 0.305 e. The van der Waals surface area contributed by atoms with Gasteiger partial charge in [-0.1, -0.05) is 20.8 Å². The van der Waals surface area contributed by atoms with E-state index in [1.165, 1.54) is 5.01 Å². The molecule has 0 saturated carbocycles. The highest BCUT2D eigenvalue weighted by atomic mass is 16.4. The second-order valence-electron chi connectivity index (χ2n) is 4.94. The molecule has 1 unspecified atom stereocenters. The Balaban J connectivity index is 2.50. The summed E-state index contributed by atoms with van der Waals surface area (Å²) in [5.74, 6) is -0.903. The fourth-order valence-electron chi connectivity index (χ4n) is 1.49. The van der Waals surface area contributed by atoms with E-state index in [4.69, 9.17) is 5.11 Å². The van der Waals surface area contributed by atoms with E-state index in [1.54, 1.807) is 0 Å². The van der Waals surface area contributed by atoms with Crippen LogP contribution in [0, 0.1) is 5.41 Å². The lowest BCUT2D eigenvalue weighted by molar-refractivity contribution is -0.138. The SMILES string of the molecule is CC(C)(C)C1CC(=O)N(CCC(=O)O)N1.